The van der Waals surface area contributed by atoms with Crippen LogP contribution in [0.3, 0.4) is 0 Å². The van der Waals surface area contributed by atoms with Crippen molar-refractivity contribution in [3.63, 3.8) is 0 Å². The summed E-state index contributed by atoms with van der Waals surface area (Å²) in [4.78, 5) is 11.1. The second kappa shape index (κ2) is 5.72. The van der Waals surface area contributed by atoms with Gasteiger partial charge in [-0.15, -0.1) is 0 Å². The molecule has 2 rings (SSSR count). The average molecular weight is 356 g/mol. The highest BCUT2D eigenvalue weighted by molar-refractivity contribution is 9.10. The molecule has 0 heterocycles. The van der Waals surface area contributed by atoms with Gasteiger partial charge in [0.05, 0.1) is 0 Å². The molecule has 0 amide bonds. The Balaban J connectivity index is 2.22. The molecule has 0 atom stereocenters. The molecular weight excluding hydrogens is 346 g/mol. The van der Waals surface area contributed by atoms with Crippen molar-refractivity contribution in [1.29, 1.82) is 0 Å². The summed E-state index contributed by atoms with van der Waals surface area (Å²) < 4.78 is 29.2. The normalized spacial score (nSPS) is 17.2. The number of carbonyl (C=O) groups excluding carboxylic acids is 1. The Morgan fingerprint density at radius 2 is 1.80 bits per heavy atom. The molecule has 1 aromatic rings. The van der Waals surface area contributed by atoms with Gasteiger partial charge in [-0.25, -0.2) is 0 Å². The van der Waals surface area contributed by atoms with Gasteiger partial charge >= 0.3 is 10.1 Å². The molecule has 0 saturated carbocycles. The van der Waals surface area contributed by atoms with Crippen LogP contribution in [0.4, 0.5) is 0 Å². The SMILES string of the molecule is CC1=CC(=O)C=C/C1=N\OS(=O)(=O)c1ccc(Br)cc1. The van der Waals surface area contributed by atoms with E-state index in [1.54, 1.807) is 19.1 Å². The lowest BCUT2D eigenvalue weighted by Gasteiger charge is -2.06. The number of allylic oxidation sites excluding steroid dienone is 4. The first-order valence-corrected chi connectivity index (χ1v) is 7.76. The number of nitrogens with zero attached hydrogens (tertiary/aromatic N) is 1. The third-order valence-electron chi connectivity index (χ3n) is 2.50. The topological polar surface area (TPSA) is 72.8 Å². The van der Waals surface area contributed by atoms with Crippen molar-refractivity contribution >= 4 is 37.5 Å². The molecule has 0 bridgehead atoms. The number of hydrogen-bond donors (Lipinski definition) is 0. The van der Waals surface area contributed by atoms with E-state index in [4.69, 9.17) is 0 Å². The van der Waals surface area contributed by atoms with Crippen molar-refractivity contribution in [3.05, 3.63) is 52.5 Å². The van der Waals surface area contributed by atoms with Gasteiger partial charge in [0.15, 0.2) is 5.78 Å². The summed E-state index contributed by atoms with van der Waals surface area (Å²) in [6.45, 7) is 1.65. The first-order chi connectivity index (χ1) is 9.38. The molecule has 0 radical (unpaired) electrons. The molecule has 1 aromatic carbocycles. The summed E-state index contributed by atoms with van der Waals surface area (Å²) in [6, 6.07) is 5.99. The maximum atomic E-state index is 11.9. The smallest absolute Gasteiger partial charge is 0.290 e. The zero-order chi connectivity index (χ0) is 14.8. The Morgan fingerprint density at radius 1 is 1.15 bits per heavy atom. The highest BCUT2D eigenvalue weighted by Gasteiger charge is 2.16. The Bertz CT molecular complexity index is 730. The maximum absolute atomic E-state index is 11.9. The molecule has 104 valence electrons. The van der Waals surface area contributed by atoms with Gasteiger partial charge in [0.2, 0.25) is 0 Å². The fourth-order valence-corrected chi connectivity index (χ4v) is 2.46. The van der Waals surface area contributed by atoms with Crippen LogP contribution in [0.2, 0.25) is 0 Å². The van der Waals surface area contributed by atoms with E-state index in [0.717, 1.165) is 4.47 Å². The molecule has 1 aliphatic rings. The molecule has 0 aliphatic heterocycles. The van der Waals surface area contributed by atoms with E-state index >= 15 is 0 Å². The number of benzene rings is 1. The zero-order valence-electron chi connectivity index (χ0n) is 10.4. The van der Waals surface area contributed by atoms with Crippen molar-refractivity contribution in [2.45, 2.75) is 11.8 Å². The Labute approximate surface area is 124 Å². The van der Waals surface area contributed by atoms with Gasteiger partial charge in [0.1, 0.15) is 10.6 Å². The summed E-state index contributed by atoms with van der Waals surface area (Å²) in [5.74, 6) is -0.169. The number of oxime groups is 1. The predicted molar refractivity (Wildman–Crippen MR) is 77.8 cm³/mol. The molecule has 0 saturated heterocycles. The Hall–Kier alpha value is -1.73. The molecule has 5 nitrogen and oxygen atoms in total. The largest absolute Gasteiger partial charge is 0.358 e. The van der Waals surface area contributed by atoms with Gasteiger partial charge in [0.25, 0.3) is 0 Å². The molecular formula is C13H10BrNO4S. The monoisotopic (exact) mass is 355 g/mol. The molecule has 0 spiro atoms. The van der Waals surface area contributed by atoms with Crippen LogP contribution in [0, 0.1) is 0 Å². The van der Waals surface area contributed by atoms with Gasteiger partial charge in [-0.05, 0) is 55.0 Å². The summed E-state index contributed by atoms with van der Waals surface area (Å²) >= 11 is 3.22. The predicted octanol–water partition coefficient (Wildman–Crippen LogP) is 2.60. The quantitative estimate of drug-likeness (QED) is 0.617. The van der Waals surface area contributed by atoms with Crippen LogP contribution in [-0.2, 0) is 19.2 Å². The number of rotatable bonds is 3. The Kier molecular flexibility index (Phi) is 4.20. The van der Waals surface area contributed by atoms with Crippen LogP contribution in [0.25, 0.3) is 0 Å². The van der Waals surface area contributed by atoms with Crippen LogP contribution in [-0.4, -0.2) is 19.9 Å². The van der Waals surface area contributed by atoms with Gasteiger partial charge in [-0.2, -0.15) is 8.42 Å². The second-order valence-electron chi connectivity index (χ2n) is 4.02. The van der Waals surface area contributed by atoms with Crippen molar-refractivity contribution in [2.75, 3.05) is 0 Å². The molecule has 0 aromatic heterocycles. The average Bonchev–Trinajstić information content (AvgIpc) is 2.38. The van der Waals surface area contributed by atoms with E-state index < -0.39 is 10.1 Å². The fourth-order valence-electron chi connectivity index (χ4n) is 1.46. The lowest BCUT2D eigenvalue weighted by Crippen LogP contribution is -2.09. The van der Waals surface area contributed by atoms with E-state index in [2.05, 4.69) is 25.4 Å². The third kappa shape index (κ3) is 3.43. The van der Waals surface area contributed by atoms with Crippen LogP contribution < -0.4 is 0 Å². The molecule has 0 N–H and O–H groups in total. The minimum Gasteiger partial charge on any atom is -0.290 e. The standard InChI is InChI=1S/C13H10BrNO4S/c1-9-8-11(16)4-7-13(9)15-19-20(17,18)12-5-2-10(14)3-6-12/h2-8H,1H3/b15-13+. The van der Waals surface area contributed by atoms with Crippen LogP contribution in [0.15, 0.2) is 62.6 Å². The first-order valence-electron chi connectivity index (χ1n) is 5.56. The molecule has 20 heavy (non-hydrogen) atoms. The molecule has 0 fully saturated rings. The van der Waals surface area contributed by atoms with E-state index in [-0.39, 0.29) is 10.7 Å². The fraction of sp³-hybridized carbons (Fsp3) is 0.0769. The van der Waals surface area contributed by atoms with Crippen LogP contribution >= 0.6 is 15.9 Å². The lowest BCUT2D eigenvalue weighted by atomic mass is 10.1. The zero-order valence-corrected chi connectivity index (χ0v) is 12.8. The van der Waals surface area contributed by atoms with Crippen molar-refractivity contribution in [2.24, 2.45) is 5.16 Å². The number of halogens is 1. The molecule has 7 heteroatoms. The second-order valence-corrected chi connectivity index (χ2v) is 6.47. The summed E-state index contributed by atoms with van der Waals surface area (Å²) in [5, 5.41) is 3.58. The summed E-state index contributed by atoms with van der Waals surface area (Å²) in [6.07, 6.45) is 4.06. The van der Waals surface area contributed by atoms with Crippen LogP contribution in [0.1, 0.15) is 6.92 Å². The van der Waals surface area contributed by atoms with Gasteiger partial charge < -0.3 is 0 Å². The Morgan fingerprint density at radius 3 is 2.40 bits per heavy atom. The number of hydrogen-bond acceptors (Lipinski definition) is 5. The highest BCUT2D eigenvalue weighted by atomic mass is 79.9. The van der Waals surface area contributed by atoms with Gasteiger partial charge in [0, 0.05) is 4.47 Å². The van der Waals surface area contributed by atoms with Gasteiger partial charge in [-0.3, -0.25) is 9.08 Å². The summed E-state index contributed by atoms with van der Waals surface area (Å²) in [5.41, 5.74) is 0.841. The third-order valence-corrected chi connectivity index (χ3v) is 4.15. The van der Waals surface area contributed by atoms with Gasteiger partial charge in [-0.1, -0.05) is 21.1 Å². The first kappa shape index (κ1) is 14.7. The number of ketones is 1. The number of carbonyl (C=O) groups is 1. The lowest BCUT2D eigenvalue weighted by molar-refractivity contribution is -0.110. The highest BCUT2D eigenvalue weighted by Crippen LogP contribution is 2.17. The van der Waals surface area contributed by atoms with Crippen molar-refractivity contribution in [3.8, 4) is 0 Å². The maximum Gasteiger partial charge on any atom is 0.358 e. The van der Waals surface area contributed by atoms with E-state index in [0.29, 0.717) is 11.3 Å². The molecule has 0 unspecified atom stereocenters. The summed E-state index contributed by atoms with van der Waals surface area (Å²) in [7, 11) is -3.97. The van der Waals surface area contributed by atoms with Crippen molar-refractivity contribution < 1.29 is 17.5 Å². The van der Waals surface area contributed by atoms with E-state index in [9.17, 15) is 13.2 Å². The minimum atomic E-state index is -3.97. The molecule has 1 aliphatic carbocycles. The minimum absolute atomic E-state index is 0.00236. The van der Waals surface area contributed by atoms with E-state index in [1.165, 1.54) is 30.4 Å². The van der Waals surface area contributed by atoms with Crippen molar-refractivity contribution in [1.82, 2.24) is 0 Å². The van der Waals surface area contributed by atoms with Crippen LogP contribution in [0.5, 0.6) is 0 Å². The van der Waals surface area contributed by atoms with E-state index in [1.807, 2.05) is 0 Å².